The first kappa shape index (κ1) is 14.9. The van der Waals surface area contributed by atoms with E-state index in [1.54, 1.807) is 0 Å². The number of rotatable bonds is 4. The van der Waals surface area contributed by atoms with Crippen molar-refractivity contribution < 1.29 is 17.2 Å². The molecular formula is C12H14BrF2NO2S. The molecule has 1 aromatic carbocycles. The van der Waals surface area contributed by atoms with Gasteiger partial charge in [0.1, 0.15) is 16.5 Å². The van der Waals surface area contributed by atoms with Gasteiger partial charge in [-0.3, -0.25) is 0 Å². The van der Waals surface area contributed by atoms with Crippen molar-refractivity contribution in [2.75, 3.05) is 6.54 Å². The van der Waals surface area contributed by atoms with Gasteiger partial charge in [-0.05, 0) is 43.4 Å². The standard InChI is InChI=1S/C12H14BrF2NO2S/c13-9-2-1-8(5-9)7-16-19(17,18)12-6-10(14)3-4-11(12)15/h3-4,6,8-9,16H,1-2,5,7H2. The van der Waals surface area contributed by atoms with Crippen LogP contribution in [0.25, 0.3) is 0 Å². The zero-order valence-electron chi connectivity index (χ0n) is 10.1. The average molecular weight is 354 g/mol. The van der Waals surface area contributed by atoms with Crippen molar-refractivity contribution in [1.82, 2.24) is 4.72 Å². The molecule has 7 heteroatoms. The number of sulfonamides is 1. The molecule has 0 amide bonds. The van der Waals surface area contributed by atoms with Gasteiger partial charge in [0.25, 0.3) is 0 Å². The molecule has 1 fully saturated rings. The van der Waals surface area contributed by atoms with Crippen molar-refractivity contribution in [3.63, 3.8) is 0 Å². The van der Waals surface area contributed by atoms with Crippen molar-refractivity contribution in [2.45, 2.75) is 29.0 Å². The number of hydrogen-bond acceptors (Lipinski definition) is 2. The molecule has 0 heterocycles. The lowest BCUT2D eigenvalue weighted by Crippen LogP contribution is -2.29. The van der Waals surface area contributed by atoms with E-state index in [2.05, 4.69) is 20.7 Å². The molecule has 2 unspecified atom stereocenters. The fourth-order valence-electron chi connectivity index (χ4n) is 2.19. The Balaban J connectivity index is 2.08. The van der Waals surface area contributed by atoms with Gasteiger partial charge < -0.3 is 0 Å². The normalized spacial score (nSPS) is 23.7. The van der Waals surface area contributed by atoms with Crippen LogP contribution in [0.5, 0.6) is 0 Å². The van der Waals surface area contributed by atoms with Crippen LogP contribution in [-0.2, 0) is 10.0 Å². The van der Waals surface area contributed by atoms with Crippen LogP contribution >= 0.6 is 15.9 Å². The maximum atomic E-state index is 13.4. The highest BCUT2D eigenvalue weighted by atomic mass is 79.9. The summed E-state index contributed by atoms with van der Waals surface area (Å²) in [6.45, 7) is 0.250. The molecule has 1 saturated carbocycles. The largest absolute Gasteiger partial charge is 0.243 e. The minimum Gasteiger partial charge on any atom is -0.211 e. The SMILES string of the molecule is O=S(=O)(NCC1CCC(Br)C1)c1cc(F)ccc1F. The Hall–Kier alpha value is -0.530. The van der Waals surface area contributed by atoms with Crippen molar-refractivity contribution in [1.29, 1.82) is 0 Å². The van der Waals surface area contributed by atoms with Crippen LogP contribution in [0.15, 0.2) is 23.1 Å². The molecule has 1 aliphatic rings. The molecule has 0 saturated heterocycles. The molecule has 0 bridgehead atoms. The first-order valence-corrected chi connectivity index (χ1v) is 8.37. The summed E-state index contributed by atoms with van der Waals surface area (Å²) >= 11 is 3.48. The summed E-state index contributed by atoms with van der Waals surface area (Å²) in [5.41, 5.74) is 0. The monoisotopic (exact) mass is 353 g/mol. The third-order valence-corrected chi connectivity index (χ3v) is 5.49. The molecule has 1 N–H and O–H groups in total. The van der Waals surface area contributed by atoms with Crippen LogP contribution in [0.4, 0.5) is 8.78 Å². The lowest BCUT2D eigenvalue weighted by molar-refractivity contribution is 0.512. The predicted molar refractivity (Wildman–Crippen MR) is 71.6 cm³/mol. The quantitative estimate of drug-likeness (QED) is 0.846. The Morgan fingerprint density at radius 3 is 2.68 bits per heavy atom. The van der Waals surface area contributed by atoms with Gasteiger partial charge in [0.15, 0.2) is 0 Å². The van der Waals surface area contributed by atoms with Crippen LogP contribution in [0.1, 0.15) is 19.3 Å². The topological polar surface area (TPSA) is 46.2 Å². The van der Waals surface area contributed by atoms with E-state index in [0.29, 0.717) is 10.9 Å². The molecule has 0 aliphatic heterocycles. The summed E-state index contributed by atoms with van der Waals surface area (Å²) in [6.07, 6.45) is 2.80. The highest BCUT2D eigenvalue weighted by molar-refractivity contribution is 9.09. The molecule has 1 aliphatic carbocycles. The molecular weight excluding hydrogens is 340 g/mol. The van der Waals surface area contributed by atoms with E-state index in [1.807, 2.05) is 0 Å². The van der Waals surface area contributed by atoms with Gasteiger partial charge in [-0.1, -0.05) is 15.9 Å². The summed E-state index contributed by atoms with van der Waals surface area (Å²) in [5, 5.41) is 0. The first-order valence-electron chi connectivity index (χ1n) is 5.97. The highest BCUT2D eigenvalue weighted by Crippen LogP contribution is 2.30. The molecule has 3 nitrogen and oxygen atoms in total. The van der Waals surface area contributed by atoms with Crippen LogP contribution < -0.4 is 4.72 Å². The molecule has 0 aromatic heterocycles. The average Bonchev–Trinajstić information content (AvgIpc) is 2.76. The van der Waals surface area contributed by atoms with E-state index >= 15 is 0 Å². The fraction of sp³-hybridized carbons (Fsp3) is 0.500. The van der Waals surface area contributed by atoms with Crippen molar-refractivity contribution in [2.24, 2.45) is 5.92 Å². The summed E-state index contributed by atoms with van der Waals surface area (Å²) in [6, 6.07) is 2.40. The minimum atomic E-state index is -4.00. The van der Waals surface area contributed by atoms with Gasteiger partial charge in [-0.2, -0.15) is 0 Å². The van der Waals surface area contributed by atoms with Crippen molar-refractivity contribution in [3.8, 4) is 0 Å². The first-order chi connectivity index (χ1) is 8.88. The van der Waals surface area contributed by atoms with Gasteiger partial charge >= 0.3 is 0 Å². The van der Waals surface area contributed by atoms with E-state index < -0.39 is 26.6 Å². The van der Waals surface area contributed by atoms with Gasteiger partial charge in [0, 0.05) is 11.4 Å². The van der Waals surface area contributed by atoms with Crippen molar-refractivity contribution in [3.05, 3.63) is 29.8 Å². The highest BCUT2D eigenvalue weighted by Gasteiger charge is 2.26. The maximum Gasteiger partial charge on any atom is 0.243 e. The Bertz CT molecular complexity index is 565. The second-order valence-electron chi connectivity index (χ2n) is 4.70. The maximum absolute atomic E-state index is 13.4. The fourth-order valence-corrected chi connectivity index (χ4v) is 4.18. The Morgan fingerprint density at radius 2 is 2.05 bits per heavy atom. The summed E-state index contributed by atoms with van der Waals surface area (Å²) in [7, 11) is -4.00. The minimum absolute atomic E-state index is 0.232. The number of alkyl halides is 1. The Kier molecular flexibility index (Phi) is 4.58. The molecule has 0 spiro atoms. The molecule has 2 rings (SSSR count). The van der Waals surface area contributed by atoms with Gasteiger partial charge in [0.05, 0.1) is 0 Å². The van der Waals surface area contributed by atoms with E-state index in [9.17, 15) is 17.2 Å². The number of benzene rings is 1. The second-order valence-corrected chi connectivity index (χ2v) is 7.73. The molecule has 2 atom stereocenters. The smallest absolute Gasteiger partial charge is 0.211 e. The summed E-state index contributed by atoms with van der Waals surface area (Å²) in [4.78, 5) is -0.228. The summed E-state index contributed by atoms with van der Waals surface area (Å²) < 4.78 is 52.6. The van der Waals surface area contributed by atoms with Gasteiger partial charge in [-0.25, -0.2) is 21.9 Å². The van der Waals surface area contributed by atoms with Gasteiger partial charge in [-0.15, -0.1) is 0 Å². The predicted octanol–water partition coefficient (Wildman–Crippen LogP) is 2.81. The lowest BCUT2D eigenvalue weighted by Gasteiger charge is -2.12. The number of nitrogens with one attached hydrogen (secondary N) is 1. The zero-order chi connectivity index (χ0) is 14.0. The van der Waals surface area contributed by atoms with Crippen molar-refractivity contribution >= 4 is 26.0 Å². The molecule has 106 valence electrons. The van der Waals surface area contributed by atoms with Crippen LogP contribution in [0, 0.1) is 17.6 Å². The van der Waals surface area contributed by atoms with E-state index in [4.69, 9.17) is 0 Å². The number of halogens is 3. The molecule has 19 heavy (non-hydrogen) atoms. The van der Waals surface area contributed by atoms with Crippen LogP contribution in [0.3, 0.4) is 0 Å². The van der Waals surface area contributed by atoms with E-state index in [-0.39, 0.29) is 12.5 Å². The lowest BCUT2D eigenvalue weighted by atomic mass is 10.1. The Morgan fingerprint density at radius 1 is 1.32 bits per heavy atom. The molecule has 0 radical (unpaired) electrons. The van der Waals surface area contributed by atoms with Crippen LogP contribution in [0.2, 0.25) is 0 Å². The third-order valence-electron chi connectivity index (χ3n) is 3.22. The zero-order valence-corrected chi connectivity index (χ0v) is 12.5. The Labute approximate surface area is 119 Å². The third kappa shape index (κ3) is 3.73. The molecule has 1 aromatic rings. The number of hydrogen-bond donors (Lipinski definition) is 1. The second kappa shape index (κ2) is 5.85. The van der Waals surface area contributed by atoms with Crippen LogP contribution in [-0.4, -0.2) is 19.8 Å². The van der Waals surface area contributed by atoms with E-state index in [1.165, 1.54) is 0 Å². The van der Waals surface area contributed by atoms with Gasteiger partial charge in [0.2, 0.25) is 10.0 Å². The summed E-state index contributed by atoms with van der Waals surface area (Å²) in [5.74, 6) is -1.49. The van der Waals surface area contributed by atoms with E-state index in [0.717, 1.165) is 31.4 Å².